The third-order valence-corrected chi connectivity index (χ3v) is 5.88. The number of aliphatic hydroxyl groups excluding tert-OH is 4. The topological polar surface area (TPSA) is 128 Å². The van der Waals surface area contributed by atoms with Crippen molar-refractivity contribution in [2.45, 2.75) is 56.6 Å². The maximum Gasteiger partial charge on any atom is 0.416 e. The number of aliphatic hydroxyl groups is 4. The Morgan fingerprint density at radius 2 is 1.74 bits per heavy atom. The van der Waals surface area contributed by atoms with Crippen molar-refractivity contribution in [1.82, 2.24) is 10.2 Å². The van der Waals surface area contributed by atoms with Crippen LogP contribution in [0.3, 0.4) is 0 Å². The molecule has 5 N–H and O–H groups in total. The predicted octanol–water partition coefficient (Wildman–Crippen LogP) is 1.85. The maximum absolute atomic E-state index is 12.8. The van der Waals surface area contributed by atoms with E-state index in [9.17, 15) is 33.6 Å². The van der Waals surface area contributed by atoms with Crippen LogP contribution in [0.1, 0.15) is 22.4 Å². The molecule has 0 saturated carbocycles. The highest BCUT2D eigenvalue weighted by molar-refractivity contribution is 5.88. The van der Waals surface area contributed by atoms with Crippen LogP contribution in [0.2, 0.25) is 0 Å². The number of rotatable bonds is 6. The highest BCUT2D eigenvalue weighted by Crippen LogP contribution is 2.33. The minimum absolute atomic E-state index is 0.301. The third-order valence-electron chi connectivity index (χ3n) is 5.88. The minimum atomic E-state index is -4.40. The number of fused-ring (bicyclic) bond motifs is 1. The van der Waals surface area contributed by atoms with E-state index >= 15 is 0 Å². The number of aromatic nitrogens is 2. The molecule has 2 heterocycles. The lowest BCUT2D eigenvalue weighted by atomic mass is 9.99. The van der Waals surface area contributed by atoms with Gasteiger partial charge in [0.15, 0.2) is 0 Å². The van der Waals surface area contributed by atoms with E-state index < -0.39 is 49.1 Å². The number of H-pyrrole nitrogens is 1. The molecule has 34 heavy (non-hydrogen) atoms. The fourth-order valence-corrected chi connectivity index (χ4v) is 4.00. The molecular formula is C23H25F3N2O6. The van der Waals surface area contributed by atoms with Crippen LogP contribution >= 0.6 is 0 Å². The van der Waals surface area contributed by atoms with Gasteiger partial charge in [0.05, 0.1) is 23.1 Å². The molecule has 0 bridgehead atoms. The van der Waals surface area contributed by atoms with Gasteiger partial charge in [-0.25, -0.2) is 0 Å². The van der Waals surface area contributed by atoms with Crippen LogP contribution in [-0.4, -0.2) is 67.9 Å². The van der Waals surface area contributed by atoms with E-state index in [1.165, 1.54) is 12.1 Å². The molecule has 1 aliphatic heterocycles. The molecule has 184 valence electrons. The number of halogens is 3. The van der Waals surface area contributed by atoms with Crippen molar-refractivity contribution in [2.75, 3.05) is 6.61 Å². The Kier molecular flexibility index (Phi) is 6.83. The number of aryl methyl sites for hydroxylation is 3. The smallest absolute Gasteiger partial charge is 0.416 e. The quantitative estimate of drug-likeness (QED) is 0.363. The zero-order valence-corrected chi connectivity index (χ0v) is 18.2. The summed E-state index contributed by atoms with van der Waals surface area (Å²) in [7, 11) is 0. The number of hydrogen-bond donors (Lipinski definition) is 5. The van der Waals surface area contributed by atoms with Crippen molar-refractivity contribution in [3.63, 3.8) is 0 Å². The molecule has 5 atom stereocenters. The first-order valence-corrected chi connectivity index (χ1v) is 10.7. The van der Waals surface area contributed by atoms with E-state index in [4.69, 9.17) is 9.47 Å². The summed E-state index contributed by atoms with van der Waals surface area (Å²) in [6, 6.07) is 8.44. The molecule has 0 aliphatic carbocycles. The molecule has 0 amide bonds. The average Bonchev–Trinajstić information content (AvgIpc) is 3.20. The second-order valence-corrected chi connectivity index (χ2v) is 8.37. The molecular weight excluding hydrogens is 457 g/mol. The van der Waals surface area contributed by atoms with Gasteiger partial charge in [-0.05, 0) is 55.2 Å². The fourth-order valence-electron chi connectivity index (χ4n) is 4.00. The zero-order chi connectivity index (χ0) is 24.6. The monoisotopic (exact) mass is 482 g/mol. The summed E-state index contributed by atoms with van der Waals surface area (Å²) in [5, 5.41) is 47.6. The van der Waals surface area contributed by atoms with Crippen molar-refractivity contribution in [1.29, 1.82) is 0 Å². The predicted molar refractivity (Wildman–Crippen MR) is 114 cm³/mol. The van der Waals surface area contributed by atoms with Gasteiger partial charge in [0.25, 0.3) is 0 Å². The zero-order valence-electron chi connectivity index (χ0n) is 18.2. The van der Waals surface area contributed by atoms with Crippen molar-refractivity contribution < 1.29 is 43.1 Å². The number of nitrogens with zero attached hydrogens (tertiary/aromatic N) is 1. The van der Waals surface area contributed by atoms with Gasteiger partial charge >= 0.3 is 6.18 Å². The van der Waals surface area contributed by atoms with Crippen molar-refractivity contribution in [3.8, 4) is 5.75 Å². The van der Waals surface area contributed by atoms with E-state index in [-0.39, 0.29) is 0 Å². The van der Waals surface area contributed by atoms with Crippen LogP contribution in [-0.2, 0) is 23.8 Å². The first-order valence-electron chi connectivity index (χ1n) is 10.7. The highest BCUT2D eigenvalue weighted by Gasteiger charge is 2.45. The van der Waals surface area contributed by atoms with Crippen molar-refractivity contribution in [3.05, 3.63) is 58.8 Å². The lowest BCUT2D eigenvalue weighted by molar-refractivity contribution is -0.277. The second kappa shape index (κ2) is 9.51. The molecule has 1 saturated heterocycles. The Morgan fingerprint density at radius 1 is 1.03 bits per heavy atom. The maximum atomic E-state index is 12.8. The van der Waals surface area contributed by atoms with Crippen LogP contribution in [0, 0.1) is 6.92 Å². The molecule has 1 aromatic heterocycles. The summed E-state index contributed by atoms with van der Waals surface area (Å²) in [6.45, 7) is 1.23. The van der Waals surface area contributed by atoms with Crippen LogP contribution in [0.4, 0.5) is 13.2 Å². The van der Waals surface area contributed by atoms with Gasteiger partial charge in [-0.1, -0.05) is 12.1 Å². The average molecular weight is 482 g/mol. The highest BCUT2D eigenvalue weighted by atomic mass is 19.4. The van der Waals surface area contributed by atoms with Gasteiger partial charge < -0.3 is 29.9 Å². The summed E-state index contributed by atoms with van der Waals surface area (Å²) in [4.78, 5) is 0. The molecule has 2 aromatic carbocycles. The van der Waals surface area contributed by atoms with E-state index in [1.807, 2.05) is 13.0 Å². The lowest BCUT2D eigenvalue weighted by Crippen LogP contribution is -2.60. The Morgan fingerprint density at radius 3 is 2.38 bits per heavy atom. The molecule has 11 heteroatoms. The van der Waals surface area contributed by atoms with Crippen LogP contribution in [0.5, 0.6) is 5.75 Å². The fraction of sp³-hybridized carbons (Fsp3) is 0.435. The standard InChI is InChI=1S/C23H25F3N2O6/c1-11-8-15-18(16(9-11)33-22-21(32)20(31)19(30)17(10-29)34-22)14(27-28-15)7-4-12-2-5-13(6-3-12)23(24,25)26/h2-3,5-6,8-9,17,19-22,29-32H,4,7,10H2,1H3,(H,27,28)/t17-,19-,20+,21-,22-/m1/s1. The summed E-state index contributed by atoms with van der Waals surface area (Å²) in [5.41, 5.74) is 2.03. The van der Waals surface area contributed by atoms with Gasteiger partial charge in [0.2, 0.25) is 6.29 Å². The number of alkyl halides is 3. The summed E-state index contributed by atoms with van der Waals surface area (Å²) in [5.74, 6) is 0.301. The summed E-state index contributed by atoms with van der Waals surface area (Å²) < 4.78 is 49.7. The number of benzene rings is 2. The van der Waals surface area contributed by atoms with Gasteiger partial charge in [0, 0.05) is 5.69 Å². The molecule has 1 fully saturated rings. The van der Waals surface area contributed by atoms with Crippen molar-refractivity contribution in [2.24, 2.45) is 0 Å². The van der Waals surface area contributed by atoms with Gasteiger partial charge in [0.1, 0.15) is 30.2 Å². The Labute approximate surface area is 192 Å². The minimum Gasteiger partial charge on any atom is -0.461 e. The molecule has 3 aromatic rings. The van der Waals surface area contributed by atoms with Crippen molar-refractivity contribution >= 4 is 10.9 Å². The van der Waals surface area contributed by atoms with Gasteiger partial charge in [-0.2, -0.15) is 18.3 Å². The second-order valence-electron chi connectivity index (χ2n) is 8.37. The first kappa shape index (κ1) is 24.4. The molecule has 4 rings (SSSR count). The van der Waals surface area contributed by atoms with Gasteiger partial charge in [-0.3, -0.25) is 5.10 Å². The largest absolute Gasteiger partial charge is 0.461 e. The van der Waals surface area contributed by atoms with Crippen LogP contribution in [0.15, 0.2) is 36.4 Å². The van der Waals surface area contributed by atoms with Crippen LogP contribution in [0.25, 0.3) is 10.9 Å². The Hall–Kier alpha value is -2.70. The number of hydrogen-bond acceptors (Lipinski definition) is 7. The SMILES string of the molecule is Cc1cc(O[C@@H]2O[C@H](CO)[C@@H](O)[C@H](O)[C@H]2O)c2c(CCc3ccc(C(F)(F)F)cc3)[nH]nc2c1. The molecule has 1 aliphatic rings. The van der Waals surface area contributed by atoms with Crippen LogP contribution < -0.4 is 4.74 Å². The summed E-state index contributed by atoms with van der Waals surface area (Å²) in [6.07, 6.45) is -10.7. The Balaban J connectivity index is 1.57. The molecule has 0 unspecified atom stereocenters. The van der Waals surface area contributed by atoms with E-state index in [2.05, 4.69) is 10.2 Å². The van der Waals surface area contributed by atoms with E-state index in [1.54, 1.807) is 6.07 Å². The van der Waals surface area contributed by atoms with Gasteiger partial charge in [-0.15, -0.1) is 0 Å². The van der Waals surface area contributed by atoms with E-state index in [0.717, 1.165) is 17.7 Å². The molecule has 0 radical (unpaired) electrons. The normalized spacial score (nSPS) is 25.6. The first-order chi connectivity index (χ1) is 16.1. The number of nitrogens with one attached hydrogen (secondary N) is 1. The Bertz CT molecular complexity index is 1130. The lowest BCUT2D eigenvalue weighted by Gasteiger charge is -2.39. The third kappa shape index (κ3) is 4.89. The number of ether oxygens (including phenoxy) is 2. The molecule has 0 spiro atoms. The number of aromatic amines is 1. The molecule has 8 nitrogen and oxygen atoms in total. The van der Waals surface area contributed by atoms with E-state index in [0.29, 0.717) is 40.8 Å². The summed E-state index contributed by atoms with van der Waals surface area (Å²) >= 11 is 0.